The van der Waals surface area contributed by atoms with Crippen LogP contribution in [0.25, 0.3) is 0 Å². The lowest BCUT2D eigenvalue weighted by Gasteiger charge is -2.32. The van der Waals surface area contributed by atoms with Crippen molar-refractivity contribution in [2.24, 2.45) is 11.7 Å². The maximum absolute atomic E-state index is 14.3. The monoisotopic (exact) mass is 282 g/mol. The van der Waals surface area contributed by atoms with Gasteiger partial charge >= 0.3 is 0 Å². The topological polar surface area (TPSA) is 29.3 Å². The average Bonchev–Trinajstić information content (AvgIpc) is 3.27. The summed E-state index contributed by atoms with van der Waals surface area (Å²) < 4.78 is 14.3. The Kier molecular flexibility index (Phi) is 3.79. The molecular weight excluding hydrogens is 263 g/mol. The fourth-order valence-corrected chi connectivity index (χ4v) is 3.15. The highest BCUT2D eigenvalue weighted by Gasteiger charge is 2.42. The Bertz CT molecular complexity index is 457. The van der Waals surface area contributed by atoms with Gasteiger partial charge in [-0.3, -0.25) is 4.90 Å². The molecule has 1 atom stereocenters. The van der Waals surface area contributed by atoms with Gasteiger partial charge in [-0.15, -0.1) is 0 Å². The zero-order valence-electron chi connectivity index (χ0n) is 11.0. The van der Waals surface area contributed by atoms with Gasteiger partial charge in [0.25, 0.3) is 0 Å². The number of rotatable bonds is 6. The molecule has 0 amide bonds. The number of nitrogens with zero attached hydrogens (tertiary/aromatic N) is 1. The Labute approximate surface area is 118 Å². The summed E-state index contributed by atoms with van der Waals surface area (Å²) in [6.07, 6.45) is 4.80. The molecule has 1 aromatic carbocycles. The van der Waals surface area contributed by atoms with Gasteiger partial charge in [-0.05, 0) is 37.7 Å². The molecule has 3 rings (SSSR count). The van der Waals surface area contributed by atoms with E-state index in [2.05, 4.69) is 4.90 Å². The maximum atomic E-state index is 14.3. The third kappa shape index (κ3) is 2.78. The van der Waals surface area contributed by atoms with Crippen molar-refractivity contribution in [1.82, 2.24) is 4.90 Å². The molecule has 2 N–H and O–H groups in total. The first-order valence-corrected chi connectivity index (χ1v) is 7.50. The van der Waals surface area contributed by atoms with E-state index in [4.69, 9.17) is 17.3 Å². The predicted octanol–water partition coefficient (Wildman–Crippen LogP) is 3.35. The highest BCUT2D eigenvalue weighted by Crippen LogP contribution is 2.48. The Balaban J connectivity index is 1.93. The summed E-state index contributed by atoms with van der Waals surface area (Å²) in [7, 11) is 0. The maximum Gasteiger partial charge on any atom is 0.146 e. The SMILES string of the molecule is NCCN(C1CC1)C(c1cccc(Cl)c1F)C1CC1. The van der Waals surface area contributed by atoms with E-state index in [0.29, 0.717) is 18.5 Å². The number of hydrogen-bond donors (Lipinski definition) is 1. The molecule has 0 saturated heterocycles. The molecule has 2 aliphatic rings. The zero-order chi connectivity index (χ0) is 13.4. The van der Waals surface area contributed by atoms with Crippen LogP contribution in [0.2, 0.25) is 5.02 Å². The first-order valence-electron chi connectivity index (χ1n) is 7.12. The largest absolute Gasteiger partial charge is 0.329 e. The van der Waals surface area contributed by atoms with E-state index in [1.165, 1.54) is 25.7 Å². The van der Waals surface area contributed by atoms with Crippen molar-refractivity contribution in [1.29, 1.82) is 0 Å². The van der Waals surface area contributed by atoms with Gasteiger partial charge in [-0.25, -0.2) is 4.39 Å². The van der Waals surface area contributed by atoms with Crippen LogP contribution in [0.15, 0.2) is 18.2 Å². The van der Waals surface area contributed by atoms with Gasteiger partial charge in [0, 0.05) is 30.7 Å². The Morgan fingerprint density at radius 3 is 2.63 bits per heavy atom. The molecule has 19 heavy (non-hydrogen) atoms. The van der Waals surface area contributed by atoms with Crippen molar-refractivity contribution in [3.63, 3.8) is 0 Å². The van der Waals surface area contributed by atoms with Gasteiger partial charge in [0.1, 0.15) is 5.82 Å². The van der Waals surface area contributed by atoms with Crippen molar-refractivity contribution < 1.29 is 4.39 Å². The quantitative estimate of drug-likeness (QED) is 0.867. The highest BCUT2D eigenvalue weighted by molar-refractivity contribution is 6.30. The van der Waals surface area contributed by atoms with E-state index in [-0.39, 0.29) is 16.9 Å². The van der Waals surface area contributed by atoms with Crippen LogP contribution < -0.4 is 5.73 Å². The Morgan fingerprint density at radius 2 is 2.05 bits per heavy atom. The minimum Gasteiger partial charge on any atom is -0.329 e. The van der Waals surface area contributed by atoms with Crippen LogP contribution in [0.5, 0.6) is 0 Å². The van der Waals surface area contributed by atoms with Crippen molar-refractivity contribution in [2.45, 2.75) is 37.8 Å². The molecule has 0 spiro atoms. The molecule has 0 radical (unpaired) electrons. The lowest BCUT2D eigenvalue weighted by atomic mass is 9.99. The Hall–Kier alpha value is -0.640. The number of halogens is 2. The summed E-state index contributed by atoms with van der Waals surface area (Å²) in [4.78, 5) is 2.41. The zero-order valence-corrected chi connectivity index (χ0v) is 11.7. The summed E-state index contributed by atoms with van der Waals surface area (Å²) in [6, 6.07) is 6.11. The molecule has 0 aliphatic heterocycles. The average molecular weight is 283 g/mol. The summed E-state index contributed by atoms with van der Waals surface area (Å²) in [5.74, 6) is 0.323. The predicted molar refractivity (Wildman–Crippen MR) is 75.7 cm³/mol. The lowest BCUT2D eigenvalue weighted by Crippen LogP contribution is -2.36. The van der Waals surface area contributed by atoms with Crippen LogP contribution in [0.4, 0.5) is 4.39 Å². The molecule has 104 valence electrons. The highest BCUT2D eigenvalue weighted by atomic mass is 35.5. The first kappa shape index (κ1) is 13.3. The fraction of sp³-hybridized carbons (Fsp3) is 0.600. The lowest BCUT2D eigenvalue weighted by molar-refractivity contribution is 0.168. The van der Waals surface area contributed by atoms with Gasteiger partial charge in [-0.2, -0.15) is 0 Å². The van der Waals surface area contributed by atoms with E-state index in [1.807, 2.05) is 12.1 Å². The summed E-state index contributed by atoms with van der Waals surface area (Å²) >= 11 is 5.94. The van der Waals surface area contributed by atoms with Gasteiger partial charge in [0.05, 0.1) is 5.02 Å². The van der Waals surface area contributed by atoms with Gasteiger partial charge in [0.15, 0.2) is 0 Å². The van der Waals surface area contributed by atoms with Crippen molar-refractivity contribution in [3.05, 3.63) is 34.6 Å². The van der Waals surface area contributed by atoms with E-state index >= 15 is 0 Å². The van der Waals surface area contributed by atoms with Crippen molar-refractivity contribution >= 4 is 11.6 Å². The smallest absolute Gasteiger partial charge is 0.146 e. The van der Waals surface area contributed by atoms with Crippen LogP contribution in [0.3, 0.4) is 0 Å². The molecule has 2 fully saturated rings. The number of hydrogen-bond acceptors (Lipinski definition) is 2. The Morgan fingerprint density at radius 1 is 1.32 bits per heavy atom. The van der Waals surface area contributed by atoms with Crippen LogP contribution in [-0.4, -0.2) is 24.0 Å². The third-order valence-corrected chi connectivity index (χ3v) is 4.42. The first-order chi connectivity index (χ1) is 9.22. The van der Waals surface area contributed by atoms with E-state index < -0.39 is 0 Å². The molecule has 0 heterocycles. The molecule has 1 aromatic rings. The molecular formula is C15H20ClFN2. The minimum atomic E-state index is -0.247. The molecule has 4 heteroatoms. The van der Waals surface area contributed by atoms with Gasteiger partial charge in [0.2, 0.25) is 0 Å². The molecule has 2 nitrogen and oxygen atoms in total. The van der Waals surface area contributed by atoms with Gasteiger partial charge < -0.3 is 5.73 Å². The second-order valence-electron chi connectivity index (χ2n) is 5.68. The van der Waals surface area contributed by atoms with E-state index in [0.717, 1.165) is 12.1 Å². The standard InChI is InChI=1S/C15H20ClFN2/c16-13-3-1-2-12(14(13)17)15(10-4-5-10)19(9-8-18)11-6-7-11/h1-3,10-11,15H,4-9,18H2. The third-order valence-electron chi connectivity index (χ3n) is 4.13. The second-order valence-corrected chi connectivity index (χ2v) is 6.09. The van der Waals surface area contributed by atoms with Crippen LogP contribution in [-0.2, 0) is 0 Å². The molecule has 1 unspecified atom stereocenters. The van der Waals surface area contributed by atoms with E-state index in [1.54, 1.807) is 6.07 Å². The number of benzene rings is 1. The van der Waals surface area contributed by atoms with Crippen LogP contribution in [0, 0.1) is 11.7 Å². The van der Waals surface area contributed by atoms with Crippen molar-refractivity contribution in [3.8, 4) is 0 Å². The van der Waals surface area contributed by atoms with Crippen molar-refractivity contribution in [2.75, 3.05) is 13.1 Å². The fourth-order valence-electron chi connectivity index (χ4n) is 2.97. The second kappa shape index (κ2) is 5.39. The van der Waals surface area contributed by atoms with E-state index in [9.17, 15) is 4.39 Å². The van der Waals surface area contributed by atoms with Gasteiger partial charge in [-0.1, -0.05) is 23.7 Å². The molecule has 0 aromatic heterocycles. The minimum absolute atomic E-state index is 0.162. The molecule has 2 saturated carbocycles. The number of nitrogens with two attached hydrogens (primary N) is 1. The summed E-state index contributed by atoms with van der Waals surface area (Å²) in [6.45, 7) is 1.47. The summed E-state index contributed by atoms with van der Waals surface area (Å²) in [5.41, 5.74) is 6.50. The van der Waals surface area contributed by atoms with Crippen LogP contribution >= 0.6 is 11.6 Å². The molecule has 0 bridgehead atoms. The normalized spacial score (nSPS) is 20.8. The molecule has 2 aliphatic carbocycles. The van der Waals surface area contributed by atoms with Crippen LogP contribution in [0.1, 0.15) is 37.3 Å². The summed E-state index contributed by atoms with van der Waals surface area (Å²) in [5, 5.41) is 0.228.